The number of aliphatic hydroxyl groups excluding tert-OH is 1. The number of carbonyl (C=O) groups is 1. The molecular formula is C28H25F3N2O4S2. The number of benzene rings is 3. The third-order valence-corrected chi connectivity index (χ3v) is 8.76. The lowest BCUT2D eigenvalue weighted by molar-refractivity contribution is -0.137. The summed E-state index contributed by atoms with van der Waals surface area (Å²) in [6.45, 7) is 1.10. The number of hydrogen-bond donors (Lipinski definition) is 2. The van der Waals surface area contributed by atoms with E-state index in [4.69, 9.17) is 0 Å². The minimum absolute atomic E-state index is 0.0341. The number of hydrogen-bond acceptors (Lipinski definition) is 6. The maximum absolute atomic E-state index is 12.8. The van der Waals surface area contributed by atoms with Gasteiger partial charge in [0.1, 0.15) is 0 Å². The molecule has 0 spiro atoms. The molecule has 0 fully saturated rings. The standard InChI is InChI=1S/C28H25F3N2O4S2/c1-2-39(36,37)23-13-7-19(8-14-23)24(16-34)27(35)32-22-11-5-20(6-12-22)25-17-38-26(33-25)15-18-3-9-21(10-4-18)28(29,30)31/h3-14,17,24,34H,2,15-16H2,1H3,(H,32,35)/t24-/m0/s1. The SMILES string of the molecule is CCS(=O)(=O)c1ccc([C@H](CO)C(=O)Nc2ccc(-c3csc(Cc4ccc(C(F)(F)F)cc4)n3)cc2)cc1. The quantitative estimate of drug-likeness (QED) is 0.258. The van der Waals surface area contributed by atoms with Gasteiger partial charge in [0, 0.05) is 23.1 Å². The van der Waals surface area contributed by atoms with Crippen LogP contribution in [0.4, 0.5) is 18.9 Å². The summed E-state index contributed by atoms with van der Waals surface area (Å²) in [4.78, 5) is 17.6. The lowest BCUT2D eigenvalue weighted by Gasteiger charge is -2.15. The fraction of sp³-hybridized carbons (Fsp3) is 0.214. The van der Waals surface area contributed by atoms with Gasteiger partial charge in [-0.25, -0.2) is 13.4 Å². The Morgan fingerprint density at radius 1 is 1.00 bits per heavy atom. The molecule has 0 aliphatic rings. The fourth-order valence-corrected chi connectivity index (χ4v) is 5.60. The second kappa shape index (κ2) is 11.7. The third-order valence-electron chi connectivity index (χ3n) is 6.16. The number of aromatic nitrogens is 1. The molecule has 1 aromatic heterocycles. The molecule has 204 valence electrons. The zero-order chi connectivity index (χ0) is 28.2. The van der Waals surface area contributed by atoms with Crippen LogP contribution >= 0.6 is 11.3 Å². The fourth-order valence-electron chi connectivity index (χ4n) is 3.88. The highest BCUT2D eigenvalue weighted by Crippen LogP contribution is 2.30. The van der Waals surface area contributed by atoms with Crippen LogP contribution in [0.3, 0.4) is 0 Å². The summed E-state index contributed by atoms with van der Waals surface area (Å²) >= 11 is 1.40. The number of rotatable bonds is 9. The highest BCUT2D eigenvalue weighted by molar-refractivity contribution is 7.91. The molecular weight excluding hydrogens is 549 g/mol. The smallest absolute Gasteiger partial charge is 0.395 e. The normalized spacial score (nSPS) is 12.7. The van der Waals surface area contributed by atoms with E-state index in [1.54, 1.807) is 31.2 Å². The highest BCUT2D eigenvalue weighted by Gasteiger charge is 2.30. The molecule has 0 unspecified atom stereocenters. The molecule has 2 N–H and O–H groups in total. The van der Waals surface area contributed by atoms with Crippen molar-refractivity contribution >= 4 is 32.8 Å². The maximum atomic E-state index is 12.8. The summed E-state index contributed by atoms with van der Waals surface area (Å²) in [6.07, 6.45) is -3.96. The number of anilines is 1. The van der Waals surface area contributed by atoms with Crippen LogP contribution in [0.15, 0.2) is 83.1 Å². The van der Waals surface area contributed by atoms with E-state index in [1.165, 1.54) is 47.7 Å². The molecule has 0 aliphatic carbocycles. The number of halogens is 3. The van der Waals surface area contributed by atoms with Gasteiger partial charge >= 0.3 is 6.18 Å². The number of aliphatic hydroxyl groups is 1. The van der Waals surface area contributed by atoms with Crippen molar-refractivity contribution in [1.82, 2.24) is 4.98 Å². The Bertz CT molecular complexity index is 1530. The summed E-state index contributed by atoms with van der Waals surface area (Å²) < 4.78 is 62.3. The van der Waals surface area contributed by atoms with Crippen LogP contribution in [-0.4, -0.2) is 36.8 Å². The van der Waals surface area contributed by atoms with Crippen molar-refractivity contribution in [3.63, 3.8) is 0 Å². The van der Waals surface area contributed by atoms with Crippen molar-refractivity contribution in [2.75, 3.05) is 17.7 Å². The zero-order valence-corrected chi connectivity index (χ0v) is 22.4. The molecule has 1 atom stereocenters. The first-order valence-electron chi connectivity index (χ1n) is 12.0. The van der Waals surface area contributed by atoms with Gasteiger partial charge in [0.05, 0.1) is 39.4 Å². The first-order chi connectivity index (χ1) is 18.5. The number of carbonyl (C=O) groups excluding carboxylic acids is 1. The van der Waals surface area contributed by atoms with Gasteiger partial charge in [0.2, 0.25) is 5.91 Å². The highest BCUT2D eigenvalue weighted by atomic mass is 32.2. The number of alkyl halides is 3. The van der Waals surface area contributed by atoms with Gasteiger partial charge in [-0.2, -0.15) is 13.2 Å². The Kier molecular flexibility index (Phi) is 8.53. The van der Waals surface area contributed by atoms with E-state index in [0.29, 0.717) is 23.4 Å². The average Bonchev–Trinajstić information content (AvgIpc) is 3.38. The summed E-state index contributed by atoms with van der Waals surface area (Å²) in [5.41, 5.74) is 2.53. The van der Waals surface area contributed by atoms with E-state index in [0.717, 1.165) is 28.3 Å². The van der Waals surface area contributed by atoms with E-state index in [1.807, 2.05) is 5.38 Å². The average molecular weight is 575 g/mol. The molecule has 0 saturated carbocycles. The van der Waals surface area contributed by atoms with Gasteiger partial charge in [-0.1, -0.05) is 43.3 Å². The van der Waals surface area contributed by atoms with Crippen molar-refractivity contribution in [3.8, 4) is 11.3 Å². The minimum atomic E-state index is -4.37. The van der Waals surface area contributed by atoms with Crippen LogP contribution in [0, 0.1) is 0 Å². The molecule has 4 aromatic rings. The predicted octanol–water partition coefficient (Wildman–Crippen LogP) is 5.93. The summed E-state index contributed by atoms with van der Waals surface area (Å²) in [6, 6.07) is 17.9. The van der Waals surface area contributed by atoms with Crippen LogP contribution < -0.4 is 5.32 Å². The molecule has 39 heavy (non-hydrogen) atoms. The van der Waals surface area contributed by atoms with Gasteiger partial charge in [-0.3, -0.25) is 4.79 Å². The minimum Gasteiger partial charge on any atom is -0.395 e. The molecule has 0 bridgehead atoms. The van der Waals surface area contributed by atoms with Gasteiger partial charge in [-0.15, -0.1) is 11.3 Å². The van der Waals surface area contributed by atoms with Crippen molar-refractivity contribution in [3.05, 3.63) is 99.9 Å². The molecule has 0 saturated heterocycles. The Morgan fingerprint density at radius 3 is 2.21 bits per heavy atom. The number of amides is 1. The number of nitrogens with zero attached hydrogens (tertiary/aromatic N) is 1. The number of thiazole rings is 1. The Morgan fingerprint density at radius 2 is 1.64 bits per heavy atom. The van der Waals surface area contributed by atoms with Crippen molar-refractivity contribution in [2.24, 2.45) is 0 Å². The van der Waals surface area contributed by atoms with Gasteiger partial charge in [0.25, 0.3) is 0 Å². The van der Waals surface area contributed by atoms with E-state index in [-0.39, 0.29) is 10.6 Å². The summed E-state index contributed by atoms with van der Waals surface area (Å²) in [5.74, 6) is -1.36. The van der Waals surface area contributed by atoms with Crippen LogP contribution in [0.1, 0.15) is 34.5 Å². The number of sulfone groups is 1. The van der Waals surface area contributed by atoms with Crippen LogP contribution in [0.5, 0.6) is 0 Å². The Hall–Kier alpha value is -3.54. The first-order valence-corrected chi connectivity index (χ1v) is 14.5. The summed E-state index contributed by atoms with van der Waals surface area (Å²) in [5, 5.41) is 15.2. The monoisotopic (exact) mass is 574 g/mol. The van der Waals surface area contributed by atoms with Crippen molar-refractivity contribution < 1.29 is 31.5 Å². The predicted molar refractivity (Wildman–Crippen MR) is 144 cm³/mol. The van der Waals surface area contributed by atoms with Crippen LogP contribution in [0.25, 0.3) is 11.3 Å². The first kappa shape index (κ1) is 28.5. The van der Waals surface area contributed by atoms with E-state index in [9.17, 15) is 31.5 Å². The zero-order valence-electron chi connectivity index (χ0n) is 20.8. The molecule has 11 heteroatoms. The molecule has 0 aliphatic heterocycles. The Balaban J connectivity index is 1.40. The maximum Gasteiger partial charge on any atom is 0.416 e. The van der Waals surface area contributed by atoms with E-state index < -0.39 is 40.0 Å². The molecule has 1 amide bonds. The lowest BCUT2D eigenvalue weighted by atomic mass is 9.99. The molecule has 1 heterocycles. The second-order valence-corrected chi connectivity index (χ2v) is 12.0. The molecule has 6 nitrogen and oxygen atoms in total. The number of nitrogens with one attached hydrogen (secondary N) is 1. The topological polar surface area (TPSA) is 96.4 Å². The molecule has 0 radical (unpaired) electrons. The van der Waals surface area contributed by atoms with E-state index >= 15 is 0 Å². The van der Waals surface area contributed by atoms with Gasteiger partial charge in [-0.05, 0) is 47.5 Å². The largest absolute Gasteiger partial charge is 0.416 e. The van der Waals surface area contributed by atoms with Crippen LogP contribution in [0.2, 0.25) is 0 Å². The third kappa shape index (κ3) is 6.92. The van der Waals surface area contributed by atoms with Gasteiger partial charge in [0.15, 0.2) is 9.84 Å². The summed E-state index contributed by atoms with van der Waals surface area (Å²) in [7, 11) is -3.37. The van der Waals surface area contributed by atoms with Crippen LogP contribution in [-0.2, 0) is 27.2 Å². The van der Waals surface area contributed by atoms with E-state index in [2.05, 4.69) is 10.3 Å². The second-order valence-electron chi connectivity index (χ2n) is 8.77. The lowest BCUT2D eigenvalue weighted by Crippen LogP contribution is -2.24. The van der Waals surface area contributed by atoms with Gasteiger partial charge < -0.3 is 10.4 Å². The van der Waals surface area contributed by atoms with Crippen molar-refractivity contribution in [1.29, 1.82) is 0 Å². The Labute approximate surface area is 228 Å². The molecule has 3 aromatic carbocycles. The van der Waals surface area contributed by atoms with Crippen molar-refractivity contribution in [2.45, 2.75) is 30.3 Å². The molecule has 4 rings (SSSR count).